The molecule has 0 saturated carbocycles. The van der Waals surface area contributed by atoms with Gasteiger partial charge in [0.1, 0.15) is 11.8 Å². The second-order valence-electron chi connectivity index (χ2n) is 9.68. The molecule has 2 rings (SSSR count). The van der Waals surface area contributed by atoms with Crippen molar-refractivity contribution in [1.29, 1.82) is 0 Å². The lowest BCUT2D eigenvalue weighted by Gasteiger charge is -2.32. The van der Waals surface area contributed by atoms with Gasteiger partial charge in [0.05, 0.1) is 0 Å². The summed E-state index contributed by atoms with van der Waals surface area (Å²) in [6, 6.07) is 3.05. The van der Waals surface area contributed by atoms with Crippen molar-refractivity contribution in [1.82, 2.24) is 4.90 Å². The molecule has 1 aliphatic heterocycles. The minimum atomic E-state index is -0.948. The number of benzene rings is 1. The van der Waals surface area contributed by atoms with Gasteiger partial charge in [0, 0.05) is 23.7 Å². The molecule has 0 radical (unpaired) electrons. The summed E-state index contributed by atoms with van der Waals surface area (Å²) < 4.78 is 0. The summed E-state index contributed by atoms with van der Waals surface area (Å²) in [5.41, 5.74) is 1.98. The Morgan fingerprint density at radius 1 is 1.04 bits per heavy atom. The molecular weight excluding hydrogens is 354 g/mol. The highest BCUT2D eigenvalue weighted by Gasteiger charge is 2.31. The second-order valence-corrected chi connectivity index (χ2v) is 9.68. The summed E-state index contributed by atoms with van der Waals surface area (Å²) in [5, 5.41) is 20.2. The molecule has 1 aromatic rings. The Morgan fingerprint density at radius 3 is 2.04 bits per heavy atom. The molecule has 1 amide bonds. The van der Waals surface area contributed by atoms with E-state index in [0.717, 1.165) is 29.5 Å². The monoisotopic (exact) mass is 387 g/mol. The quantitative estimate of drug-likeness (QED) is 0.750. The van der Waals surface area contributed by atoms with E-state index in [1.807, 2.05) is 53.7 Å². The molecule has 5 heteroatoms. The van der Waals surface area contributed by atoms with Crippen molar-refractivity contribution in [3.8, 4) is 5.75 Å². The molecule has 0 aromatic heterocycles. The molecule has 1 fully saturated rings. The number of carbonyl (C=O) groups is 2. The van der Waals surface area contributed by atoms with Crippen molar-refractivity contribution in [3.63, 3.8) is 0 Å². The average Bonchev–Trinajstić information content (AvgIpc) is 2.58. The van der Waals surface area contributed by atoms with Gasteiger partial charge >= 0.3 is 5.97 Å². The average molecular weight is 388 g/mol. The topological polar surface area (TPSA) is 77.8 Å². The van der Waals surface area contributed by atoms with Gasteiger partial charge in [-0.05, 0) is 53.9 Å². The van der Waals surface area contributed by atoms with E-state index in [9.17, 15) is 19.8 Å². The Kier molecular flexibility index (Phi) is 6.27. The molecule has 5 nitrogen and oxygen atoms in total. The molecular formula is C23H33NO4. The van der Waals surface area contributed by atoms with Crippen LogP contribution >= 0.6 is 0 Å². The minimum absolute atomic E-state index is 0.251. The number of hydrogen-bond acceptors (Lipinski definition) is 3. The molecule has 1 saturated heterocycles. The summed E-state index contributed by atoms with van der Waals surface area (Å²) in [5.74, 6) is -0.934. The minimum Gasteiger partial charge on any atom is -0.507 e. The number of aromatic hydroxyl groups is 1. The first-order chi connectivity index (χ1) is 12.8. The van der Waals surface area contributed by atoms with Crippen molar-refractivity contribution in [2.75, 3.05) is 6.54 Å². The number of rotatable bonds is 3. The number of hydrogen-bond donors (Lipinski definition) is 2. The van der Waals surface area contributed by atoms with E-state index in [4.69, 9.17) is 0 Å². The van der Waals surface area contributed by atoms with Crippen LogP contribution < -0.4 is 0 Å². The Labute approximate surface area is 168 Å². The fourth-order valence-electron chi connectivity index (χ4n) is 3.61. The fourth-order valence-corrected chi connectivity index (χ4v) is 3.61. The molecule has 1 heterocycles. The number of amides is 1. The van der Waals surface area contributed by atoms with Gasteiger partial charge in [-0.3, -0.25) is 4.79 Å². The van der Waals surface area contributed by atoms with Gasteiger partial charge in [0.15, 0.2) is 0 Å². The first-order valence-electron chi connectivity index (χ1n) is 9.92. The zero-order valence-corrected chi connectivity index (χ0v) is 17.9. The van der Waals surface area contributed by atoms with E-state index in [1.54, 1.807) is 6.08 Å². The first-order valence-corrected chi connectivity index (χ1v) is 9.92. The van der Waals surface area contributed by atoms with Crippen molar-refractivity contribution in [2.24, 2.45) is 0 Å². The lowest BCUT2D eigenvalue weighted by atomic mass is 9.78. The van der Waals surface area contributed by atoms with Gasteiger partial charge < -0.3 is 15.1 Å². The van der Waals surface area contributed by atoms with Crippen LogP contribution in [0.4, 0.5) is 0 Å². The number of nitrogens with zero attached hydrogens (tertiary/aromatic N) is 1. The van der Waals surface area contributed by atoms with Crippen LogP contribution in [-0.4, -0.2) is 39.6 Å². The Morgan fingerprint density at radius 2 is 1.57 bits per heavy atom. The van der Waals surface area contributed by atoms with Gasteiger partial charge in [-0.25, -0.2) is 4.79 Å². The number of piperidine rings is 1. The van der Waals surface area contributed by atoms with E-state index in [1.165, 1.54) is 11.0 Å². The van der Waals surface area contributed by atoms with Gasteiger partial charge in [-0.15, -0.1) is 0 Å². The van der Waals surface area contributed by atoms with Crippen LogP contribution in [0.1, 0.15) is 77.5 Å². The predicted molar refractivity (Wildman–Crippen MR) is 112 cm³/mol. The Hall–Kier alpha value is -2.30. The molecule has 154 valence electrons. The van der Waals surface area contributed by atoms with Crippen LogP contribution in [0.25, 0.3) is 6.08 Å². The van der Waals surface area contributed by atoms with E-state index in [2.05, 4.69) is 0 Å². The highest BCUT2D eigenvalue weighted by molar-refractivity contribution is 5.94. The van der Waals surface area contributed by atoms with Crippen LogP contribution in [0.3, 0.4) is 0 Å². The van der Waals surface area contributed by atoms with E-state index >= 15 is 0 Å². The number of likely N-dealkylation sites (tertiary alicyclic amines) is 1. The molecule has 0 aliphatic carbocycles. The van der Waals surface area contributed by atoms with Crippen LogP contribution in [0.15, 0.2) is 18.2 Å². The molecule has 1 atom stereocenters. The highest BCUT2D eigenvalue weighted by Crippen LogP contribution is 2.40. The van der Waals surface area contributed by atoms with E-state index in [0.29, 0.717) is 18.7 Å². The first kappa shape index (κ1) is 22.0. The molecule has 28 heavy (non-hydrogen) atoms. The summed E-state index contributed by atoms with van der Waals surface area (Å²) in [4.78, 5) is 25.5. The third kappa shape index (κ3) is 4.94. The maximum Gasteiger partial charge on any atom is 0.326 e. The van der Waals surface area contributed by atoms with E-state index in [-0.39, 0.29) is 16.7 Å². The number of carboxylic acids is 1. The third-order valence-electron chi connectivity index (χ3n) is 5.24. The summed E-state index contributed by atoms with van der Waals surface area (Å²) in [7, 11) is 0. The number of carboxylic acid groups (broad SMARTS) is 1. The van der Waals surface area contributed by atoms with Gasteiger partial charge in [0.25, 0.3) is 0 Å². The fraction of sp³-hybridized carbons (Fsp3) is 0.565. The summed E-state index contributed by atoms with van der Waals surface area (Å²) in [6.45, 7) is 12.7. The van der Waals surface area contributed by atoms with Crippen molar-refractivity contribution < 1.29 is 19.8 Å². The standard InChI is InChI=1S/C23H33NO4/c1-22(2,3)16-13-15(14-17(20(16)26)23(4,5)6)10-11-19(25)24-12-8-7-9-18(24)21(27)28/h10-11,13-14,18,26H,7-9,12H2,1-6H3,(H,27,28)/b11-10+. The largest absolute Gasteiger partial charge is 0.507 e. The number of aliphatic carboxylic acids is 1. The zero-order chi connectivity index (χ0) is 21.3. The van der Waals surface area contributed by atoms with E-state index < -0.39 is 12.0 Å². The molecule has 0 spiro atoms. The highest BCUT2D eigenvalue weighted by atomic mass is 16.4. The molecule has 1 aromatic carbocycles. The maximum absolute atomic E-state index is 12.6. The molecule has 1 unspecified atom stereocenters. The smallest absolute Gasteiger partial charge is 0.326 e. The van der Waals surface area contributed by atoms with Crippen LogP contribution in [-0.2, 0) is 20.4 Å². The van der Waals surface area contributed by atoms with Crippen molar-refractivity contribution >= 4 is 18.0 Å². The van der Waals surface area contributed by atoms with Gasteiger partial charge in [-0.2, -0.15) is 0 Å². The number of phenolic OH excluding ortho intramolecular Hbond substituents is 1. The normalized spacial score (nSPS) is 18.5. The van der Waals surface area contributed by atoms with Crippen LogP contribution in [0, 0.1) is 0 Å². The van der Waals surface area contributed by atoms with Crippen molar-refractivity contribution in [2.45, 2.75) is 77.7 Å². The second kappa shape index (κ2) is 7.98. The van der Waals surface area contributed by atoms with Gasteiger partial charge in [0.2, 0.25) is 5.91 Å². The maximum atomic E-state index is 12.6. The SMILES string of the molecule is CC(C)(C)c1cc(/C=C/C(=O)N2CCCCC2C(=O)O)cc(C(C)(C)C)c1O. The molecule has 2 N–H and O–H groups in total. The molecule has 0 bridgehead atoms. The Balaban J connectivity index is 2.39. The summed E-state index contributed by atoms with van der Waals surface area (Å²) in [6.07, 6.45) is 5.32. The number of phenols is 1. The van der Waals surface area contributed by atoms with Crippen LogP contribution in [0.2, 0.25) is 0 Å². The van der Waals surface area contributed by atoms with Crippen LogP contribution in [0.5, 0.6) is 5.75 Å². The summed E-state index contributed by atoms with van der Waals surface area (Å²) >= 11 is 0. The van der Waals surface area contributed by atoms with Crippen molar-refractivity contribution in [3.05, 3.63) is 34.9 Å². The van der Waals surface area contributed by atoms with Gasteiger partial charge in [-0.1, -0.05) is 41.5 Å². The third-order valence-corrected chi connectivity index (χ3v) is 5.24. The lowest BCUT2D eigenvalue weighted by molar-refractivity contribution is -0.150. The molecule has 1 aliphatic rings. The Bertz CT molecular complexity index is 746. The lowest BCUT2D eigenvalue weighted by Crippen LogP contribution is -2.47. The zero-order valence-electron chi connectivity index (χ0n) is 17.9. The predicted octanol–water partition coefficient (Wildman–Crippen LogP) is 4.47. The number of carbonyl (C=O) groups excluding carboxylic acids is 1.